The maximum Gasteiger partial charge on any atom is 0.306 e. The van der Waals surface area contributed by atoms with E-state index in [1.165, 1.54) is 0 Å². The highest BCUT2D eigenvalue weighted by Gasteiger charge is 2.13. The van der Waals surface area contributed by atoms with Gasteiger partial charge in [-0.15, -0.1) is 0 Å². The van der Waals surface area contributed by atoms with Gasteiger partial charge in [0, 0.05) is 6.04 Å². The van der Waals surface area contributed by atoms with Crippen LogP contribution in [0.1, 0.15) is 40.0 Å². The molecule has 3 atom stereocenters. The first-order valence-electron chi connectivity index (χ1n) is 5.63. The lowest BCUT2D eigenvalue weighted by molar-refractivity contribution is -0.141. The van der Waals surface area contributed by atoms with Crippen molar-refractivity contribution in [1.82, 2.24) is 5.32 Å². The van der Waals surface area contributed by atoms with Crippen LogP contribution in [0.15, 0.2) is 0 Å². The zero-order chi connectivity index (χ0) is 12.7. The second kappa shape index (κ2) is 7.22. The van der Waals surface area contributed by atoms with Crippen LogP contribution >= 0.6 is 0 Å². The molecule has 0 heterocycles. The second-order valence-corrected chi connectivity index (χ2v) is 4.37. The molecule has 0 fully saturated rings. The van der Waals surface area contributed by atoms with E-state index in [4.69, 9.17) is 10.8 Å². The van der Waals surface area contributed by atoms with Crippen LogP contribution in [0.5, 0.6) is 0 Å². The summed E-state index contributed by atoms with van der Waals surface area (Å²) in [5.74, 6) is -1.26. The molecule has 1 amide bonds. The number of carbonyl (C=O) groups is 2. The molecule has 0 aromatic rings. The quantitative estimate of drug-likeness (QED) is 0.601. The second-order valence-electron chi connectivity index (χ2n) is 4.37. The summed E-state index contributed by atoms with van der Waals surface area (Å²) >= 11 is 0. The summed E-state index contributed by atoms with van der Waals surface area (Å²) in [6.45, 7) is 5.22. The molecule has 0 aromatic carbocycles. The van der Waals surface area contributed by atoms with Gasteiger partial charge in [-0.05, 0) is 26.7 Å². The van der Waals surface area contributed by atoms with Crippen molar-refractivity contribution in [3.63, 3.8) is 0 Å². The Bertz CT molecular complexity index is 241. The maximum absolute atomic E-state index is 11.2. The minimum absolute atomic E-state index is 0.0412. The fourth-order valence-electron chi connectivity index (χ4n) is 1.30. The molecule has 0 spiro atoms. The Morgan fingerprint density at radius 2 is 1.81 bits per heavy atom. The number of carboxylic acid groups (broad SMARTS) is 1. The summed E-state index contributed by atoms with van der Waals surface area (Å²) in [6.07, 6.45) is 2.19. The van der Waals surface area contributed by atoms with Gasteiger partial charge in [0.15, 0.2) is 0 Å². The highest BCUT2D eigenvalue weighted by molar-refractivity contribution is 5.81. The normalized spacial score (nSPS) is 16.2. The summed E-state index contributed by atoms with van der Waals surface area (Å²) in [5, 5.41) is 11.5. The molecule has 0 bridgehead atoms. The number of rotatable bonds is 7. The van der Waals surface area contributed by atoms with E-state index in [2.05, 4.69) is 5.32 Å². The molecule has 94 valence electrons. The Balaban J connectivity index is 3.70. The van der Waals surface area contributed by atoms with Crippen LogP contribution in [0.2, 0.25) is 0 Å². The van der Waals surface area contributed by atoms with E-state index in [0.29, 0.717) is 6.42 Å². The van der Waals surface area contributed by atoms with Crippen LogP contribution in [-0.2, 0) is 9.59 Å². The van der Waals surface area contributed by atoms with Gasteiger partial charge in [-0.3, -0.25) is 9.59 Å². The van der Waals surface area contributed by atoms with Crippen LogP contribution in [0.3, 0.4) is 0 Å². The summed E-state index contributed by atoms with van der Waals surface area (Å²) in [6, 6.07) is -0.458. The third-order valence-electron chi connectivity index (χ3n) is 2.50. The molecule has 0 rings (SSSR count). The number of hydrogen-bond acceptors (Lipinski definition) is 3. The van der Waals surface area contributed by atoms with E-state index >= 15 is 0 Å². The Morgan fingerprint density at radius 3 is 2.25 bits per heavy atom. The molecule has 0 aromatic heterocycles. The van der Waals surface area contributed by atoms with Crippen LogP contribution in [0.25, 0.3) is 0 Å². The van der Waals surface area contributed by atoms with Gasteiger partial charge < -0.3 is 16.2 Å². The van der Waals surface area contributed by atoms with Gasteiger partial charge in [0.2, 0.25) is 5.91 Å². The lowest BCUT2D eigenvalue weighted by atomic mass is 10.0. The number of amides is 1. The first kappa shape index (κ1) is 14.9. The Morgan fingerprint density at radius 1 is 1.25 bits per heavy atom. The number of carbonyl (C=O) groups excluding carboxylic acids is 1. The number of hydrogen-bond donors (Lipinski definition) is 3. The van der Waals surface area contributed by atoms with E-state index < -0.39 is 12.0 Å². The first-order valence-corrected chi connectivity index (χ1v) is 5.63. The van der Waals surface area contributed by atoms with Crippen molar-refractivity contribution in [3.8, 4) is 0 Å². The van der Waals surface area contributed by atoms with Crippen LogP contribution < -0.4 is 11.1 Å². The predicted octanol–water partition coefficient (Wildman–Crippen LogP) is 0.729. The lowest BCUT2D eigenvalue weighted by Gasteiger charge is -2.15. The number of carboxylic acids is 1. The fourth-order valence-corrected chi connectivity index (χ4v) is 1.30. The fraction of sp³-hybridized carbons (Fsp3) is 0.818. The molecule has 0 radical (unpaired) electrons. The van der Waals surface area contributed by atoms with E-state index in [-0.39, 0.29) is 17.9 Å². The summed E-state index contributed by atoms with van der Waals surface area (Å²) in [4.78, 5) is 21.8. The lowest BCUT2D eigenvalue weighted by Crippen LogP contribution is -2.42. The molecule has 3 unspecified atom stereocenters. The zero-order valence-corrected chi connectivity index (χ0v) is 10.2. The van der Waals surface area contributed by atoms with E-state index in [9.17, 15) is 9.59 Å². The Hall–Kier alpha value is -1.10. The van der Waals surface area contributed by atoms with Gasteiger partial charge in [-0.2, -0.15) is 0 Å². The average Bonchev–Trinajstić information content (AvgIpc) is 2.16. The third-order valence-corrected chi connectivity index (χ3v) is 2.50. The van der Waals surface area contributed by atoms with Crippen molar-refractivity contribution in [2.24, 2.45) is 11.7 Å². The highest BCUT2D eigenvalue weighted by atomic mass is 16.4. The Labute approximate surface area is 96.4 Å². The molecule has 5 heteroatoms. The third kappa shape index (κ3) is 6.40. The van der Waals surface area contributed by atoms with Crippen molar-refractivity contribution in [2.75, 3.05) is 0 Å². The van der Waals surface area contributed by atoms with Crippen molar-refractivity contribution in [2.45, 2.75) is 52.1 Å². The monoisotopic (exact) mass is 230 g/mol. The molecule has 4 N–H and O–H groups in total. The summed E-state index contributed by atoms with van der Waals surface area (Å²) < 4.78 is 0. The molecule has 0 saturated carbocycles. The molecule has 0 aliphatic carbocycles. The summed E-state index contributed by atoms with van der Waals surface area (Å²) in [5.41, 5.74) is 5.41. The van der Waals surface area contributed by atoms with E-state index in [1.807, 2.05) is 6.92 Å². The number of nitrogens with two attached hydrogens (primary N) is 1. The molecular formula is C11H22N2O3. The minimum Gasteiger partial charge on any atom is -0.481 e. The van der Waals surface area contributed by atoms with Gasteiger partial charge in [-0.1, -0.05) is 13.3 Å². The van der Waals surface area contributed by atoms with Crippen LogP contribution in [-0.4, -0.2) is 29.1 Å². The minimum atomic E-state index is -0.771. The average molecular weight is 230 g/mol. The van der Waals surface area contributed by atoms with Gasteiger partial charge in [0.25, 0.3) is 0 Å². The smallest absolute Gasteiger partial charge is 0.306 e. The maximum atomic E-state index is 11.2. The molecule has 16 heavy (non-hydrogen) atoms. The Kier molecular flexibility index (Phi) is 6.72. The molecule has 0 aliphatic heterocycles. The van der Waals surface area contributed by atoms with Crippen molar-refractivity contribution < 1.29 is 14.7 Å². The topological polar surface area (TPSA) is 92.4 Å². The van der Waals surface area contributed by atoms with Gasteiger partial charge in [0.05, 0.1) is 12.0 Å². The van der Waals surface area contributed by atoms with E-state index in [0.717, 1.165) is 12.8 Å². The van der Waals surface area contributed by atoms with Gasteiger partial charge in [-0.25, -0.2) is 0 Å². The van der Waals surface area contributed by atoms with Crippen molar-refractivity contribution in [1.29, 1.82) is 0 Å². The SMILES string of the molecule is CC(CCCC(C)C(=O)O)NC(=O)C(C)N. The number of aliphatic carboxylic acids is 1. The highest BCUT2D eigenvalue weighted by Crippen LogP contribution is 2.09. The van der Waals surface area contributed by atoms with E-state index in [1.54, 1.807) is 13.8 Å². The standard InChI is InChI=1S/C11H22N2O3/c1-7(11(15)16)5-4-6-8(2)13-10(14)9(3)12/h7-9H,4-6,12H2,1-3H3,(H,13,14)(H,15,16). The first-order chi connectivity index (χ1) is 7.34. The summed E-state index contributed by atoms with van der Waals surface area (Å²) in [7, 11) is 0. The molecular weight excluding hydrogens is 208 g/mol. The van der Waals surface area contributed by atoms with Gasteiger partial charge in [0.1, 0.15) is 0 Å². The van der Waals surface area contributed by atoms with Crippen LogP contribution in [0, 0.1) is 5.92 Å². The van der Waals surface area contributed by atoms with Crippen LogP contribution in [0.4, 0.5) is 0 Å². The van der Waals surface area contributed by atoms with Crippen molar-refractivity contribution in [3.05, 3.63) is 0 Å². The zero-order valence-electron chi connectivity index (χ0n) is 10.2. The van der Waals surface area contributed by atoms with Crippen molar-refractivity contribution >= 4 is 11.9 Å². The van der Waals surface area contributed by atoms with Gasteiger partial charge >= 0.3 is 5.97 Å². The largest absolute Gasteiger partial charge is 0.481 e. The molecule has 0 aliphatic rings. The number of nitrogens with one attached hydrogen (secondary N) is 1. The molecule has 0 saturated heterocycles. The molecule has 5 nitrogen and oxygen atoms in total. The predicted molar refractivity (Wildman–Crippen MR) is 61.9 cm³/mol.